The number of carbonyl (C=O) groups is 1. The lowest BCUT2D eigenvalue weighted by Gasteiger charge is -2.02. The van der Waals surface area contributed by atoms with E-state index in [4.69, 9.17) is 0 Å². The monoisotopic (exact) mass is 273 g/mol. The molecule has 0 amide bonds. The quantitative estimate of drug-likeness (QED) is 0.775. The summed E-state index contributed by atoms with van der Waals surface area (Å²) >= 11 is 0. The Morgan fingerprint density at radius 2 is 1.90 bits per heavy atom. The van der Waals surface area contributed by atoms with Crippen LogP contribution in [0.25, 0.3) is 16.6 Å². The van der Waals surface area contributed by atoms with E-state index in [9.17, 15) is 18.7 Å². The minimum absolute atomic E-state index is 0.00360. The van der Waals surface area contributed by atoms with Crippen LogP contribution in [0.5, 0.6) is 0 Å². The molecule has 20 heavy (non-hydrogen) atoms. The van der Waals surface area contributed by atoms with Crippen LogP contribution in [0.1, 0.15) is 10.4 Å². The summed E-state index contributed by atoms with van der Waals surface area (Å²) < 4.78 is 28.4. The summed E-state index contributed by atoms with van der Waals surface area (Å²) in [6.45, 7) is 0. The molecule has 2 heterocycles. The summed E-state index contributed by atoms with van der Waals surface area (Å²) in [6.07, 6.45) is 3.20. The average molecular weight is 273 g/mol. The molecule has 0 spiro atoms. The molecule has 3 nitrogen and oxygen atoms in total. The highest BCUT2D eigenvalue weighted by Gasteiger charge is 2.20. The molecular weight excluding hydrogens is 264 g/mol. The Labute approximate surface area is 112 Å². The third-order valence-corrected chi connectivity index (χ3v) is 3.12. The van der Waals surface area contributed by atoms with Crippen LogP contribution in [0.2, 0.25) is 0 Å². The van der Waals surface area contributed by atoms with E-state index in [1.165, 1.54) is 12.3 Å². The number of carboxylic acid groups (broad SMARTS) is 1. The first-order chi connectivity index (χ1) is 9.58. The van der Waals surface area contributed by atoms with Crippen molar-refractivity contribution in [2.45, 2.75) is 0 Å². The zero-order chi connectivity index (χ0) is 14.3. The smallest absolute Gasteiger partial charge is 0.338 e. The predicted molar refractivity (Wildman–Crippen MR) is 69.7 cm³/mol. The molecule has 0 fully saturated rings. The van der Waals surface area contributed by atoms with Crippen LogP contribution in [0.15, 0.2) is 48.8 Å². The number of aromatic nitrogens is 1. The highest BCUT2D eigenvalue weighted by Crippen LogP contribution is 2.31. The van der Waals surface area contributed by atoms with Crippen molar-refractivity contribution in [3.05, 3.63) is 66.0 Å². The fourth-order valence-corrected chi connectivity index (χ4v) is 2.26. The summed E-state index contributed by atoms with van der Waals surface area (Å²) in [5, 5.41) is 9.35. The maximum absolute atomic E-state index is 13.9. The van der Waals surface area contributed by atoms with E-state index in [2.05, 4.69) is 0 Å². The number of aromatic carboxylic acids is 1. The average Bonchev–Trinajstić information content (AvgIpc) is 2.77. The van der Waals surface area contributed by atoms with Gasteiger partial charge in [-0.25, -0.2) is 13.6 Å². The molecule has 1 N–H and O–H groups in total. The molecule has 2 aromatic heterocycles. The number of fused-ring (bicyclic) bond motifs is 1. The minimum atomic E-state index is -1.16. The van der Waals surface area contributed by atoms with E-state index < -0.39 is 17.6 Å². The third-order valence-electron chi connectivity index (χ3n) is 3.12. The van der Waals surface area contributed by atoms with Crippen molar-refractivity contribution in [1.29, 1.82) is 0 Å². The summed E-state index contributed by atoms with van der Waals surface area (Å²) in [6, 6.07) is 8.16. The lowest BCUT2D eigenvalue weighted by molar-refractivity contribution is 0.0700. The number of rotatable bonds is 2. The van der Waals surface area contributed by atoms with Crippen LogP contribution in [-0.2, 0) is 0 Å². The topological polar surface area (TPSA) is 41.7 Å². The molecule has 1 aromatic carbocycles. The summed E-state index contributed by atoms with van der Waals surface area (Å²) in [7, 11) is 0. The highest BCUT2D eigenvalue weighted by molar-refractivity contribution is 6.03. The van der Waals surface area contributed by atoms with Crippen LogP contribution in [0, 0.1) is 11.6 Å². The lowest BCUT2D eigenvalue weighted by atomic mass is 10.0. The van der Waals surface area contributed by atoms with E-state index in [-0.39, 0.29) is 16.7 Å². The number of nitrogens with zero attached hydrogens (tertiary/aromatic N) is 1. The molecule has 0 saturated heterocycles. The first-order valence-electron chi connectivity index (χ1n) is 5.86. The molecule has 0 aliphatic carbocycles. The zero-order valence-corrected chi connectivity index (χ0v) is 10.2. The second-order valence-corrected chi connectivity index (χ2v) is 4.34. The Morgan fingerprint density at radius 1 is 1.10 bits per heavy atom. The van der Waals surface area contributed by atoms with Gasteiger partial charge in [-0.3, -0.25) is 0 Å². The molecule has 0 radical (unpaired) electrons. The summed E-state index contributed by atoms with van der Waals surface area (Å²) in [4.78, 5) is 11.4. The van der Waals surface area contributed by atoms with Crippen LogP contribution >= 0.6 is 0 Å². The number of hydrogen-bond acceptors (Lipinski definition) is 1. The molecule has 100 valence electrons. The van der Waals surface area contributed by atoms with Gasteiger partial charge in [0.2, 0.25) is 0 Å². The van der Waals surface area contributed by atoms with E-state index in [1.54, 1.807) is 28.8 Å². The Morgan fingerprint density at radius 3 is 2.60 bits per heavy atom. The van der Waals surface area contributed by atoms with E-state index >= 15 is 0 Å². The predicted octanol–water partition coefficient (Wildman–Crippen LogP) is 3.58. The van der Waals surface area contributed by atoms with Crippen molar-refractivity contribution in [2.75, 3.05) is 0 Å². The standard InChI is InChI=1S/C15H9F2NO2/c16-9-4-5-10(12(17)7-9)11-8-18-6-2-1-3-13(18)14(11)15(19)20/h1-8H,(H,19,20). The Hall–Kier alpha value is -2.69. The Kier molecular flexibility index (Phi) is 2.75. The summed E-state index contributed by atoms with van der Waals surface area (Å²) in [5.74, 6) is -2.65. The first-order valence-corrected chi connectivity index (χ1v) is 5.86. The van der Waals surface area contributed by atoms with E-state index in [0.29, 0.717) is 5.52 Å². The highest BCUT2D eigenvalue weighted by atomic mass is 19.1. The lowest BCUT2D eigenvalue weighted by Crippen LogP contribution is -1.98. The number of benzene rings is 1. The van der Waals surface area contributed by atoms with E-state index in [1.807, 2.05) is 0 Å². The second kappa shape index (κ2) is 4.45. The van der Waals surface area contributed by atoms with Gasteiger partial charge in [0, 0.05) is 29.6 Å². The van der Waals surface area contributed by atoms with Crippen LogP contribution in [0.3, 0.4) is 0 Å². The van der Waals surface area contributed by atoms with Crippen molar-refractivity contribution < 1.29 is 18.7 Å². The number of pyridine rings is 1. The van der Waals surface area contributed by atoms with Crippen LogP contribution in [0.4, 0.5) is 8.78 Å². The van der Waals surface area contributed by atoms with Crippen molar-refractivity contribution in [2.24, 2.45) is 0 Å². The van der Waals surface area contributed by atoms with Crippen LogP contribution < -0.4 is 0 Å². The molecule has 0 aliphatic rings. The molecule has 5 heteroatoms. The third kappa shape index (κ3) is 1.84. The van der Waals surface area contributed by atoms with Gasteiger partial charge in [0.25, 0.3) is 0 Å². The largest absolute Gasteiger partial charge is 0.478 e. The zero-order valence-electron chi connectivity index (χ0n) is 10.2. The molecule has 3 rings (SSSR count). The van der Waals surface area contributed by atoms with E-state index in [0.717, 1.165) is 12.1 Å². The Balaban J connectivity index is 2.35. The van der Waals surface area contributed by atoms with Gasteiger partial charge in [0.15, 0.2) is 0 Å². The molecule has 0 atom stereocenters. The van der Waals surface area contributed by atoms with Gasteiger partial charge in [-0.1, -0.05) is 6.07 Å². The van der Waals surface area contributed by atoms with Gasteiger partial charge in [-0.2, -0.15) is 0 Å². The van der Waals surface area contributed by atoms with Crippen molar-refractivity contribution >= 4 is 11.5 Å². The number of hydrogen-bond donors (Lipinski definition) is 1. The second-order valence-electron chi connectivity index (χ2n) is 4.34. The Bertz CT molecular complexity index is 824. The molecule has 3 aromatic rings. The number of halogens is 2. The summed E-state index contributed by atoms with van der Waals surface area (Å²) in [5.41, 5.74) is 0.739. The van der Waals surface area contributed by atoms with Crippen molar-refractivity contribution in [1.82, 2.24) is 4.40 Å². The normalized spacial score (nSPS) is 10.9. The maximum atomic E-state index is 13.9. The minimum Gasteiger partial charge on any atom is -0.478 e. The molecule has 0 bridgehead atoms. The van der Waals surface area contributed by atoms with Gasteiger partial charge in [-0.15, -0.1) is 0 Å². The van der Waals surface area contributed by atoms with Gasteiger partial charge >= 0.3 is 5.97 Å². The maximum Gasteiger partial charge on any atom is 0.338 e. The fourth-order valence-electron chi connectivity index (χ4n) is 2.26. The molecule has 0 aliphatic heterocycles. The van der Waals surface area contributed by atoms with Gasteiger partial charge in [0.05, 0.1) is 11.1 Å². The van der Waals surface area contributed by atoms with Crippen molar-refractivity contribution in [3.63, 3.8) is 0 Å². The molecular formula is C15H9F2NO2. The molecule has 0 saturated carbocycles. The van der Waals surface area contributed by atoms with Gasteiger partial charge in [-0.05, 0) is 24.3 Å². The number of carboxylic acids is 1. The van der Waals surface area contributed by atoms with Gasteiger partial charge in [0.1, 0.15) is 11.6 Å². The van der Waals surface area contributed by atoms with Gasteiger partial charge < -0.3 is 9.51 Å². The first kappa shape index (κ1) is 12.3. The van der Waals surface area contributed by atoms with Crippen LogP contribution in [-0.4, -0.2) is 15.5 Å². The fraction of sp³-hybridized carbons (Fsp3) is 0. The SMILES string of the molecule is O=C(O)c1c(-c2ccc(F)cc2F)cn2ccccc12. The van der Waals surface area contributed by atoms with Crippen molar-refractivity contribution in [3.8, 4) is 11.1 Å². The molecule has 0 unspecified atom stereocenters.